The van der Waals surface area contributed by atoms with Crippen LogP contribution in [0.1, 0.15) is 12.8 Å². The minimum Gasteiger partial charge on any atom is -0.360 e. The third kappa shape index (κ3) is 2.17. The Morgan fingerprint density at radius 1 is 1.33 bits per heavy atom. The fourth-order valence-electron chi connectivity index (χ4n) is 3.38. The van der Waals surface area contributed by atoms with Crippen molar-refractivity contribution >= 4 is 32.5 Å². The van der Waals surface area contributed by atoms with E-state index in [9.17, 15) is 12.8 Å². The van der Waals surface area contributed by atoms with E-state index >= 15 is 0 Å². The SMILES string of the molecule is O=S(=O)(NC1C(F)CC2CC21)c1c[nH]c2cc(Cl)ccc12. The Hall–Kier alpha value is -1.11. The second kappa shape index (κ2) is 4.44. The molecular formula is C14H14ClFN2O2S. The molecule has 1 aromatic heterocycles. The van der Waals surface area contributed by atoms with Gasteiger partial charge in [-0.1, -0.05) is 11.6 Å². The first-order valence-corrected chi connectivity index (χ1v) is 8.75. The standard InChI is InChI=1S/C14H14ClFN2O2S/c15-8-1-2-9-12(5-8)17-6-13(9)21(19,20)18-14-10-3-7(10)4-11(14)16/h1-2,5-7,10-11,14,17-18H,3-4H2. The lowest BCUT2D eigenvalue weighted by atomic mass is 10.1. The van der Waals surface area contributed by atoms with Crippen LogP contribution in [-0.4, -0.2) is 25.6 Å². The summed E-state index contributed by atoms with van der Waals surface area (Å²) in [7, 11) is -3.74. The van der Waals surface area contributed by atoms with E-state index in [0.717, 1.165) is 6.42 Å². The van der Waals surface area contributed by atoms with Crippen LogP contribution in [0.4, 0.5) is 4.39 Å². The summed E-state index contributed by atoms with van der Waals surface area (Å²) in [6, 6.07) is 4.38. The molecule has 0 aliphatic heterocycles. The van der Waals surface area contributed by atoms with Gasteiger partial charge in [0.05, 0.1) is 6.04 Å². The molecule has 4 unspecified atom stereocenters. The van der Waals surface area contributed by atoms with Crippen molar-refractivity contribution in [2.45, 2.75) is 30.0 Å². The molecule has 2 fully saturated rings. The van der Waals surface area contributed by atoms with Crippen LogP contribution in [0.5, 0.6) is 0 Å². The van der Waals surface area contributed by atoms with Crippen molar-refractivity contribution < 1.29 is 12.8 Å². The molecule has 2 aliphatic rings. The van der Waals surface area contributed by atoms with Crippen molar-refractivity contribution in [2.75, 3.05) is 0 Å². The first-order chi connectivity index (χ1) is 9.95. The molecule has 2 aromatic rings. The zero-order valence-electron chi connectivity index (χ0n) is 11.0. The van der Waals surface area contributed by atoms with Crippen LogP contribution in [0.15, 0.2) is 29.3 Å². The highest BCUT2D eigenvalue weighted by Crippen LogP contribution is 2.53. The Morgan fingerprint density at radius 3 is 2.86 bits per heavy atom. The molecule has 2 N–H and O–H groups in total. The molecule has 21 heavy (non-hydrogen) atoms. The van der Waals surface area contributed by atoms with Crippen LogP contribution in [0.3, 0.4) is 0 Å². The van der Waals surface area contributed by atoms with E-state index in [2.05, 4.69) is 9.71 Å². The summed E-state index contributed by atoms with van der Waals surface area (Å²) in [6.45, 7) is 0. The van der Waals surface area contributed by atoms with E-state index in [1.807, 2.05) is 0 Å². The Kier molecular flexibility index (Phi) is 2.87. The number of halogens is 2. The van der Waals surface area contributed by atoms with Crippen molar-refractivity contribution in [3.8, 4) is 0 Å². The number of H-pyrrole nitrogens is 1. The van der Waals surface area contributed by atoms with Crippen LogP contribution in [0.25, 0.3) is 10.9 Å². The van der Waals surface area contributed by atoms with Crippen molar-refractivity contribution in [2.24, 2.45) is 11.8 Å². The lowest BCUT2D eigenvalue weighted by Gasteiger charge is -2.17. The van der Waals surface area contributed by atoms with Gasteiger partial charge in [-0.05, 0) is 42.9 Å². The second-order valence-electron chi connectivity index (χ2n) is 5.90. The molecule has 2 saturated carbocycles. The number of aromatic amines is 1. The first-order valence-electron chi connectivity index (χ1n) is 6.89. The molecule has 1 heterocycles. The molecule has 0 bridgehead atoms. The van der Waals surface area contributed by atoms with Crippen LogP contribution < -0.4 is 4.72 Å². The predicted molar refractivity (Wildman–Crippen MR) is 78.5 cm³/mol. The predicted octanol–water partition coefficient (Wildman–Crippen LogP) is 2.85. The number of sulfonamides is 1. The number of alkyl halides is 1. The summed E-state index contributed by atoms with van der Waals surface area (Å²) >= 11 is 5.89. The van der Waals surface area contributed by atoms with Gasteiger partial charge in [-0.2, -0.15) is 0 Å². The van der Waals surface area contributed by atoms with Gasteiger partial charge < -0.3 is 4.98 Å². The van der Waals surface area contributed by atoms with E-state index < -0.39 is 22.2 Å². The summed E-state index contributed by atoms with van der Waals surface area (Å²) < 4.78 is 41.5. The Bertz CT molecular complexity index is 817. The zero-order chi connectivity index (χ0) is 14.8. The maximum atomic E-state index is 13.9. The molecule has 1 aromatic carbocycles. The number of hydrogen-bond donors (Lipinski definition) is 2. The number of hydrogen-bond acceptors (Lipinski definition) is 2. The Morgan fingerprint density at radius 2 is 2.14 bits per heavy atom. The number of benzene rings is 1. The molecule has 0 amide bonds. The molecular weight excluding hydrogens is 315 g/mol. The smallest absolute Gasteiger partial charge is 0.243 e. The summed E-state index contributed by atoms with van der Waals surface area (Å²) in [5.74, 6) is 0.518. The molecule has 0 saturated heterocycles. The van der Waals surface area contributed by atoms with Crippen LogP contribution in [0, 0.1) is 11.8 Å². The minimum atomic E-state index is -3.74. The van der Waals surface area contributed by atoms with E-state index in [-0.39, 0.29) is 10.8 Å². The number of aromatic nitrogens is 1. The average Bonchev–Trinajstić information content (AvgIpc) is 2.91. The summed E-state index contributed by atoms with van der Waals surface area (Å²) in [6.07, 6.45) is 1.75. The van der Waals surface area contributed by atoms with Gasteiger partial charge in [-0.15, -0.1) is 0 Å². The minimum absolute atomic E-state index is 0.144. The molecule has 4 nitrogen and oxygen atoms in total. The van der Waals surface area contributed by atoms with Gasteiger partial charge >= 0.3 is 0 Å². The van der Waals surface area contributed by atoms with Crippen molar-refractivity contribution in [1.82, 2.24) is 9.71 Å². The molecule has 2 aliphatic carbocycles. The van der Waals surface area contributed by atoms with Gasteiger partial charge in [0.25, 0.3) is 0 Å². The van der Waals surface area contributed by atoms with E-state index in [4.69, 9.17) is 11.6 Å². The van der Waals surface area contributed by atoms with Gasteiger partial charge in [0.1, 0.15) is 11.1 Å². The maximum absolute atomic E-state index is 13.9. The number of rotatable bonds is 3. The highest BCUT2D eigenvalue weighted by molar-refractivity contribution is 7.89. The second-order valence-corrected chi connectivity index (χ2v) is 8.02. The average molecular weight is 329 g/mol. The molecule has 4 atom stereocenters. The normalized spacial score (nSPS) is 31.5. The topological polar surface area (TPSA) is 62.0 Å². The largest absolute Gasteiger partial charge is 0.360 e. The van der Waals surface area contributed by atoms with Gasteiger partial charge in [0.15, 0.2) is 0 Å². The first kappa shape index (κ1) is 13.5. The highest BCUT2D eigenvalue weighted by atomic mass is 35.5. The number of nitrogens with one attached hydrogen (secondary N) is 2. The third-order valence-corrected chi connectivity index (χ3v) is 6.28. The molecule has 0 radical (unpaired) electrons. The quantitative estimate of drug-likeness (QED) is 0.910. The van der Waals surface area contributed by atoms with Crippen LogP contribution >= 0.6 is 11.6 Å². The van der Waals surface area contributed by atoms with Gasteiger partial charge in [0.2, 0.25) is 10.0 Å². The molecule has 7 heteroatoms. The van der Waals surface area contributed by atoms with Gasteiger partial charge in [-0.25, -0.2) is 17.5 Å². The lowest BCUT2D eigenvalue weighted by Crippen LogP contribution is -2.40. The summed E-state index contributed by atoms with van der Waals surface area (Å²) in [5.41, 5.74) is 0.649. The van der Waals surface area contributed by atoms with E-state index in [1.165, 1.54) is 6.20 Å². The van der Waals surface area contributed by atoms with Gasteiger partial charge in [0, 0.05) is 22.1 Å². The van der Waals surface area contributed by atoms with Crippen molar-refractivity contribution in [1.29, 1.82) is 0 Å². The Labute approximate surface area is 126 Å². The monoisotopic (exact) mass is 328 g/mol. The van der Waals surface area contributed by atoms with Gasteiger partial charge in [-0.3, -0.25) is 0 Å². The maximum Gasteiger partial charge on any atom is 0.243 e. The van der Waals surface area contributed by atoms with E-state index in [1.54, 1.807) is 18.2 Å². The fraction of sp³-hybridized carbons (Fsp3) is 0.429. The third-order valence-electron chi connectivity index (χ3n) is 4.54. The van der Waals surface area contributed by atoms with Crippen LogP contribution in [0.2, 0.25) is 5.02 Å². The summed E-state index contributed by atoms with van der Waals surface area (Å²) in [4.78, 5) is 3.04. The van der Waals surface area contributed by atoms with Crippen LogP contribution in [-0.2, 0) is 10.0 Å². The molecule has 112 valence electrons. The molecule has 0 spiro atoms. The molecule has 4 rings (SSSR count). The van der Waals surface area contributed by atoms with E-state index in [0.29, 0.717) is 28.3 Å². The van der Waals surface area contributed by atoms with Crippen molar-refractivity contribution in [3.63, 3.8) is 0 Å². The Balaban J connectivity index is 1.70. The highest BCUT2D eigenvalue weighted by Gasteiger charge is 2.55. The zero-order valence-corrected chi connectivity index (χ0v) is 12.6. The van der Waals surface area contributed by atoms with Crippen molar-refractivity contribution in [3.05, 3.63) is 29.4 Å². The lowest BCUT2D eigenvalue weighted by molar-refractivity contribution is 0.272. The number of fused-ring (bicyclic) bond motifs is 2. The fourth-order valence-corrected chi connectivity index (χ4v) is 5.05. The summed E-state index contributed by atoms with van der Waals surface area (Å²) in [5, 5.41) is 1.09.